The topological polar surface area (TPSA) is 46.9 Å². The molecule has 1 aromatic heterocycles. The minimum Gasteiger partial charge on any atom is -0.382 e. The molecule has 0 radical (unpaired) electrons. The van der Waals surface area contributed by atoms with Crippen LogP contribution in [-0.2, 0) is 7.05 Å². The van der Waals surface area contributed by atoms with Crippen molar-refractivity contribution in [2.45, 2.75) is 13.3 Å². The van der Waals surface area contributed by atoms with Crippen LogP contribution in [0.25, 0.3) is 0 Å². The Kier molecular flexibility index (Phi) is 4.55. The van der Waals surface area contributed by atoms with E-state index in [0.29, 0.717) is 4.47 Å². The molecule has 0 spiro atoms. The average molecular weight is 272 g/mol. The van der Waals surface area contributed by atoms with E-state index < -0.39 is 0 Å². The Hall–Kier alpha value is -1.10. The standard InChI is InChI=1S/C10H14BrN3O/c1-3-4-5-6-12-8-7-13-14(2)10(15)9(8)11/h3-4,7,12H,5-6H2,1-2H3/b4-3+. The molecule has 0 aliphatic heterocycles. The molecule has 82 valence electrons. The predicted molar refractivity (Wildman–Crippen MR) is 65.1 cm³/mol. The second-order valence-corrected chi connectivity index (χ2v) is 3.88. The summed E-state index contributed by atoms with van der Waals surface area (Å²) in [6.07, 6.45) is 6.63. The highest BCUT2D eigenvalue weighted by atomic mass is 79.9. The van der Waals surface area contributed by atoms with E-state index in [-0.39, 0.29) is 5.56 Å². The summed E-state index contributed by atoms with van der Waals surface area (Å²) < 4.78 is 1.82. The summed E-state index contributed by atoms with van der Waals surface area (Å²) in [6.45, 7) is 2.77. The number of halogens is 1. The molecular weight excluding hydrogens is 258 g/mol. The second-order valence-electron chi connectivity index (χ2n) is 3.09. The molecular formula is C10H14BrN3O. The fraction of sp³-hybridized carbons (Fsp3) is 0.400. The fourth-order valence-electron chi connectivity index (χ4n) is 1.09. The number of allylic oxidation sites excluding steroid dienone is 1. The number of hydrogen-bond acceptors (Lipinski definition) is 3. The van der Waals surface area contributed by atoms with Crippen molar-refractivity contribution < 1.29 is 0 Å². The van der Waals surface area contributed by atoms with E-state index in [1.54, 1.807) is 13.2 Å². The van der Waals surface area contributed by atoms with Crippen LogP contribution in [0.1, 0.15) is 13.3 Å². The molecule has 0 bridgehead atoms. The van der Waals surface area contributed by atoms with Gasteiger partial charge in [-0.05, 0) is 29.3 Å². The Bertz CT molecular complexity index is 412. The van der Waals surface area contributed by atoms with Crippen molar-refractivity contribution in [3.05, 3.63) is 33.2 Å². The van der Waals surface area contributed by atoms with Gasteiger partial charge in [-0.25, -0.2) is 4.68 Å². The van der Waals surface area contributed by atoms with Crippen LogP contribution in [0, 0.1) is 0 Å². The molecule has 0 unspecified atom stereocenters. The number of anilines is 1. The highest BCUT2D eigenvalue weighted by Crippen LogP contribution is 2.15. The first-order valence-electron chi connectivity index (χ1n) is 4.73. The third-order valence-electron chi connectivity index (χ3n) is 1.94. The summed E-state index contributed by atoms with van der Waals surface area (Å²) in [5.74, 6) is 0. The van der Waals surface area contributed by atoms with Crippen LogP contribution in [0.4, 0.5) is 5.69 Å². The molecule has 0 fully saturated rings. The number of rotatable bonds is 4. The van der Waals surface area contributed by atoms with E-state index >= 15 is 0 Å². The molecule has 0 saturated carbocycles. The second kappa shape index (κ2) is 5.70. The van der Waals surface area contributed by atoms with Crippen LogP contribution in [0.15, 0.2) is 27.6 Å². The highest BCUT2D eigenvalue weighted by Gasteiger charge is 2.04. The molecule has 4 nitrogen and oxygen atoms in total. The SMILES string of the molecule is C/C=C/CCNc1cnn(C)c(=O)c1Br. The summed E-state index contributed by atoms with van der Waals surface area (Å²) in [6, 6.07) is 0. The Balaban J connectivity index is 2.70. The van der Waals surface area contributed by atoms with Gasteiger partial charge in [-0.3, -0.25) is 4.79 Å². The van der Waals surface area contributed by atoms with Gasteiger partial charge in [-0.2, -0.15) is 5.10 Å². The van der Waals surface area contributed by atoms with Gasteiger partial charge < -0.3 is 5.32 Å². The Morgan fingerprint density at radius 3 is 3.07 bits per heavy atom. The van der Waals surface area contributed by atoms with Crippen molar-refractivity contribution in [3.8, 4) is 0 Å². The number of nitrogens with one attached hydrogen (secondary N) is 1. The van der Waals surface area contributed by atoms with Gasteiger partial charge in [0.2, 0.25) is 0 Å². The van der Waals surface area contributed by atoms with Gasteiger partial charge in [-0.1, -0.05) is 12.2 Å². The van der Waals surface area contributed by atoms with Crippen molar-refractivity contribution in [1.82, 2.24) is 9.78 Å². The molecule has 1 heterocycles. The zero-order valence-corrected chi connectivity index (χ0v) is 10.4. The molecule has 0 amide bonds. The minimum atomic E-state index is -0.133. The minimum absolute atomic E-state index is 0.133. The number of aromatic nitrogens is 2. The monoisotopic (exact) mass is 271 g/mol. The summed E-state index contributed by atoms with van der Waals surface area (Å²) in [5.41, 5.74) is 0.605. The van der Waals surface area contributed by atoms with Crippen LogP contribution in [0.5, 0.6) is 0 Å². The van der Waals surface area contributed by atoms with Gasteiger partial charge in [-0.15, -0.1) is 0 Å². The van der Waals surface area contributed by atoms with Crippen molar-refractivity contribution in [1.29, 1.82) is 0 Å². The molecule has 0 aliphatic carbocycles. The van der Waals surface area contributed by atoms with Crippen molar-refractivity contribution in [2.75, 3.05) is 11.9 Å². The van der Waals surface area contributed by atoms with E-state index in [4.69, 9.17) is 0 Å². The molecule has 1 aromatic rings. The lowest BCUT2D eigenvalue weighted by atomic mass is 10.3. The molecule has 1 N–H and O–H groups in total. The maximum absolute atomic E-state index is 11.5. The van der Waals surface area contributed by atoms with Crippen molar-refractivity contribution >= 4 is 21.6 Å². The van der Waals surface area contributed by atoms with Crippen LogP contribution >= 0.6 is 15.9 Å². The molecule has 0 aromatic carbocycles. The van der Waals surface area contributed by atoms with Crippen LogP contribution < -0.4 is 10.9 Å². The Morgan fingerprint density at radius 2 is 2.40 bits per heavy atom. The first-order valence-corrected chi connectivity index (χ1v) is 5.53. The third kappa shape index (κ3) is 3.20. The largest absolute Gasteiger partial charge is 0.382 e. The lowest BCUT2D eigenvalue weighted by Gasteiger charge is -2.06. The van der Waals surface area contributed by atoms with Crippen molar-refractivity contribution in [3.63, 3.8) is 0 Å². The summed E-state index contributed by atoms with van der Waals surface area (Å²) >= 11 is 3.25. The van der Waals surface area contributed by atoms with Gasteiger partial charge in [0.25, 0.3) is 5.56 Å². The quantitative estimate of drug-likeness (QED) is 0.673. The van der Waals surface area contributed by atoms with Gasteiger partial charge in [0.15, 0.2) is 0 Å². The maximum atomic E-state index is 11.5. The normalized spacial score (nSPS) is 10.9. The molecule has 5 heteroatoms. The van der Waals surface area contributed by atoms with E-state index in [1.807, 2.05) is 13.0 Å². The van der Waals surface area contributed by atoms with E-state index in [1.165, 1.54) is 4.68 Å². The summed E-state index contributed by atoms with van der Waals surface area (Å²) in [5, 5.41) is 7.07. The zero-order valence-electron chi connectivity index (χ0n) is 8.83. The van der Waals surface area contributed by atoms with E-state index in [0.717, 1.165) is 18.7 Å². The molecule has 0 aliphatic rings. The maximum Gasteiger partial charge on any atom is 0.282 e. The molecule has 0 atom stereocenters. The van der Waals surface area contributed by atoms with Crippen LogP contribution in [0.3, 0.4) is 0 Å². The van der Waals surface area contributed by atoms with Crippen LogP contribution in [0.2, 0.25) is 0 Å². The molecule has 15 heavy (non-hydrogen) atoms. The average Bonchev–Trinajstić information content (AvgIpc) is 2.24. The number of hydrogen-bond donors (Lipinski definition) is 1. The summed E-state index contributed by atoms with van der Waals surface area (Å²) in [4.78, 5) is 11.5. The lowest BCUT2D eigenvalue weighted by Crippen LogP contribution is -2.21. The van der Waals surface area contributed by atoms with E-state index in [2.05, 4.69) is 32.4 Å². The predicted octanol–water partition coefficient (Wildman–Crippen LogP) is 1.92. The third-order valence-corrected chi connectivity index (χ3v) is 2.71. The zero-order chi connectivity index (χ0) is 11.3. The van der Waals surface area contributed by atoms with Crippen molar-refractivity contribution in [2.24, 2.45) is 7.05 Å². The van der Waals surface area contributed by atoms with Gasteiger partial charge >= 0.3 is 0 Å². The first-order chi connectivity index (χ1) is 7.16. The number of nitrogens with zero attached hydrogens (tertiary/aromatic N) is 2. The Labute approximate surface area is 97.1 Å². The lowest BCUT2D eigenvalue weighted by molar-refractivity contribution is 0.703. The van der Waals surface area contributed by atoms with Gasteiger partial charge in [0.1, 0.15) is 4.47 Å². The number of aryl methyl sites for hydroxylation is 1. The summed E-state index contributed by atoms with van der Waals surface area (Å²) in [7, 11) is 1.62. The molecule has 1 rings (SSSR count). The first kappa shape index (κ1) is 12.0. The molecule has 0 saturated heterocycles. The fourth-order valence-corrected chi connectivity index (χ4v) is 1.59. The van der Waals surface area contributed by atoms with Gasteiger partial charge in [0, 0.05) is 13.6 Å². The Morgan fingerprint density at radius 1 is 1.67 bits per heavy atom. The van der Waals surface area contributed by atoms with Gasteiger partial charge in [0.05, 0.1) is 11.9 Å². The van der Waals surface area contributed by atoms with Crippen LogP contribution in [-0.4, -0.2) is 16.3 Å². The smallest absolute Gasteiger partial charge is 0.282 e. The highest BCUT2D eigenvalue weighted by molar-refractivity contribution is 9.10. The van der Waals surface area contributed by atoms with E-state index in [9.17, 15) is 4.79 Å².